The van der Waals surface area contributed by atoms with Crippen molar-refractivity contribution in [1.82, 2.24) is 10.3 Å². The Balaban J connectivity index is 1.62. The van der Waals surface area contributed by atoms with Crippen LogP contribution >= 0.6 is 22.9 Å². The van der Waals surface area contributed by atoms with Gasteiger partial charge in [0, 0.05) is 30.2 Å². The van der Waals surface area contributed by atoms with Crippen molar-refractivity contribution in [2.75, 3.05) is 20.3 Å². The van der Waals surface area contributed by atoms with E-state index in [1.54, 1.807) is 36.8 Å². The number of hydrogen-bond donors (Lipinski definition) is 1. The largest absolute Gasteiger partial charge is 0.489 e. The van der Waals surface area contributed by atoms with Crippen LogP contribution in [-0.2, 0) is 11.3 Å². The molecule has 0 atom stereocenters. The normalized spacial score (nSPS) is 10.7. The van der Waals surface area contributed by atoms with Crippen molar-refractivity contribution >= 4 is 28.8 Å². The standard InChI is InChI=1S/C20H18ClFN2O3S/c1-26-10-9-23-19(25)18-12-28-20(24-18)13-5-7-14(8-6-13)27-11-15-16(21)3-2-4-17(15)22/h2-8,12H,9-11H2,1H3,(H,23,25). The summed E-state index contributed by atoms with van der Waals surface area (Å²) in [5, 5.41) is 5.50. The van der Waals surface area contributed by atoms with E-state index in [-0.39, 0.29) is 12.5 Å². The number of rotatable bonds is 8. The van der Waals surface area contributed by atoms with Gasteiger partial charge in [0.25, 0.3) is 5.91 Å². The van der Waals surface area contributed by atoms with E-state index in [4.69, 9.17) is 21.1 Å². The van der Waals surface area contributed by atoms with Gasteiger partial charge in [-0.1, -0.05) is 17.7 Å². The molecule has 0 unspecified atom stereocenters. The Morgan fingerprint density at radius 1 is 1.25 bits per heavy atom. The predicted molar refractivity (Wildman–Crippen MR) is 108 cm³/mol. The molecule has 1 aromatic heterocycles. The monoisotopic (exact) mass is 420 g/mol. The average molecular weight is 421 g/mol. The highest BCUT2D eigenvalue weighted by Gasteiger charge is 2.12. The van der Waals surface area contributed by atoms with Crippen LogP contribution in [0.15, 0.2) is 47.8 Å². The van der Waals surface area contributed by atoms with Crippen LogP contribution in [0.1, 0.15) is 16.1 Å². The third kappa shape index (κ3) is 5.07. The van der Waals surface area contributed by atoms with Gasteiger partial charge >= 0.3 is 0 Å². The van der Waals surface area contributed by atoms with Crippen LogP contribution in [0, 0.1) is 5.82 Å². The molecule has 0 bridgehead atoms. The summed E-state index contributed by atoms with van der Waals surface area (Å²) in [6.07, 6.45) is 0. The molecule has 0 saturated carbocycles. The zero-order valence-corrected chi connectivity index (χ0v) is 16.6. The summed E-state index contributed by atoms with van der Waals surface area (Å²) in [4.78, 5) is 16.4. The van der Waals surface area contributed by atoms with Gasteiger partial charge in [0.2, 0.25) is 0 Å². The zero-order chi connectivity index (χ0) is 19.9. The van der Waals surface area contributed by atoms with Crippen molar-refractivity contribution in [2.24, 2.45) is 0 Å². The highest BCUT2D eigenvalue weighted by Crippen LogP contribution is 2.27. The second kappa shape index (κ2) is 9.64. The van der Waals surface area contributed by atoms with Crippen LogP contribution in [0.2, 0.25) is 5.02 Å². The molecule has 5 nitrogen and oxygen atoms in total. The summed E-state index contributed by atoms with van der Waals surface area (Å²) < 4.78 is 24.3. The first-order chi connectivity index (χ1) is 13.6. The number of methoxy groups -OCH3 is 1. The first-order valence-electron chi connectivity index (χ1n) is 8.47. The molecule has 1 N–H and O–H groups in total. The molecule has 1 amide bonds. The molecule has 0 saturated heterocycles. The van der Waals surface area contributed by atoms with E-state index >= 15 is 0 Å². The average Bonchev–Trinajstić information content (AvgIpc) is 3.18. The molecule has 0 aliphatic carbocycles. The lowest BCUT2D eigenvalue weighted by Crippen LogP contribution is -2.27. The SMILES string of the molecule is COCCNC(=O)c1csc(-c2ccc(OCc3c(F)cccc3Cl)cc2)n1. The summed E-state index contributed by atoms with van der Waals surface area (Å²) in [6, 6.07) is 11.7. The van der Waals surface area contributed by atoms with E-state index in [0.29, 0.717) is 35.2 Å². The van der Waals surface area contributed by atoms with Gasteiger partial charge in [0.1, 0.15) is 28.9 Å². The fourth-order valence-electron chi connectivity index (χ4n) is 2.39. The van der Waals surface area contributed by atoms with E-state index in [2.05, 4.69) is 10.3 Å². The van der Waals surface area contributed by atoms with Crippen LogP contribution in [0.25, 0.3) is 10.6 Å². The number of carbonyl (C=O) groups excluding carboxylic acids is 1. The first kappa shape index (κ1) is 20.3. The minimum absolute atomic E-state index is 0.0356. The number of hydrogen-bond acceptors (Lipinski definition) is 5. The minimum Gasteiger partial charge on any atom is -0.489 e. The molecule has 3 rings (SSSR count). The molecule has 0 aliphatic heterocycles. The van der Waals surface area contributed by atoms with Crippen LogP contribution < -0.4 is 10.1 Å². The van der Waals surface area contributed by atoms with Gasteiger partial charge in [-0.25, -0.2) is 9.37 Å². The van der Waals surface area contributed by atoms with E-state index in [1.807, 2.05) is 12.1 Å². The number of carbonyl (C=O) groups is 1. The number of ether oxygens (including phenoxy) is 2. The highest BCUT2D eigenvalue weighted by atomic mass is 35.5. The molecular formula is C20H18ClFN2O3S. The Labute approximate surface area is 171 Å². The molecule has 8 heteroatoms. The third-order valence-electron chi connectivity index (χ3n) is 3.87. The van der Waals surface area contributed by atoms with Crippen LogP contribution in [0.5, 0.6) is 5.75 Å². The Hall–Kier alpha value is -2.48. The van der Waals surface area contributed by atoms with Crippen molar-refractivity contribution in [1.29, 1.82) is 0 Å². The second-order valence-corrected chi connectivity index (χ2v) is 7.07. The molecule has 28 heavy (non-hydrogen) atoms. The van der Waals surface area contributed by atoms with Crippen LogP contribution in [0.3, 0.4) is 0 Å². The lowest BCUT2D eigenvalue weighted by molar-refractivity contribution is 0.0933. The molecule has 2 aromatic carbocycles. The fraction of sp³-hybridized carbons (Fsp3) is 0.200. The number of halogens is 2. The Bertz CT molecular complexity index is 927. The molecule has 0 aliphatic rings. The molecule has 0 fully saturated rings. The third-order valence-corrected chi connectivity index (χ3v) is 5.12. The minimum atomic E-state index is -0.400. The first-order valence-corrected chi connectivity index (χ1v) is 9.73. The summed E-state index contributed by atoms with van der Waals surface area (Å²) in [5.74, 6) is -0.0540. The number of nitrogens with one attached hydrogen (secondary N) is 1. The summed E-state index contributed by atoms with van der Waals surface area (Å²) in [5.41, 5.74) is 1.54. The Morgan fingerprint density at radius 2 is 2.04 bits per heavy atom. The van der Waals surface area contributed by atoms with Gasteiger partial charge in [-0.3, -0.25) is 4.79 Å². The number of aromatic nitrogens is 1. The number of nitrogens with zero attached hydrogens (tertiary/aromatic N) is 1. The number of thiazole rings is 1. The molecule has 0 radical (unpaired) electrons. The maximum Gasteiger partial charge on any atom is 0.270 e. The lowest BCUT2D eigenvalue weighted by atomic mass is 10.2. The van der Waals surface area contributed by atoms with Crippen molar-refractivity contribution < 1.29 is 18.7 Å². The van der Waals surface area contributed by atoms with Gasteiger partial charge in [-0.05, 0) is 36.4 Å². The fourth-order valence-corrected chi connectivity index (χ4v) is 3.41. The summed E-state index contributed by atoms with van der Waals surface area (Å²) in [6.45, 7) is 0.913. The maximum absolute atomic E-state index is 13.8. The number of amides is 1. The van der Waals surface area contributed by atoms with E-state index in [9.17, 15) is 9.18 Å². The van der Waals surface area contributed by atoms with E-state index < -0.39 is 5.82 Å². The molecule has 1 heterocycles. The molecular weight excluding hydrogens is 403 g/mol. The molecule has 0 spiro atoms. The topological polar surface area (TPSA) is 60.5 Å². The lowest BCUT2D eigenvalue weighted by Gasteiger charge is -2.09. The van der Waals surface area contributed by atoms with E-state index in [0.717, 1.165) is 10.6 Å². The molecule has 146 valence electrons. The van der Waals surface area contributed by atoms with Crippen molar-refractivity contribution in [3.05, 3.63) is 69.9 Å². The van der Waals surface area contributed by atoms with Gasteiger partial charge in [0.05, 0.1) is 11.6 Å². The molecule has 3 aromatic rings. The second-order valence-electron chi connectivity index (χ2n) is 5.80. The quantitative estimate of drug-likeness (QED) is 0.543. The smallest absolute Gasteiger partial charge is 0.270 e. The maximum atomic E-state index is 13.8. The van der Waals surface area contributed by atoms with Gasteiger partial charge in [0.15, 0.2) is 0 Å². The van der Waals surface area contributed by atoms with Gasteiger partial charge in [-0.15, -0.1) is 11.3 Å². The Kier molecular flexibility index (Phi) is 6.97. The predicted octanol–water partition coefficient (Wildman–Crippen LogP) is 4.56. The van der Waals surface area contributed by atoms with Crippen molar-refractivity contribution in [3.8, 4) is 16.3 Å². The summed E-state index contributed by atoms with van der Waals surface area (Å²) in [7, 11) is 1.57. The van der Waals surface area contributed by atoms with Gasteiger partial charge < -0.3 is 14.8 Å². The van der Waals surface area contributed by atoms with E-state index in [1.165, 1.54) is 17.4 Å². The van der Waals surface area contributed by atoms with Gasteiger partial charge in [-0.2, -0.15) is 0 Å². The van der Waals surface area contributed by atoms with Crippen molar-refractivity contribution in [2.45, 2.75) is 6.61 Å². The zero-order valence-electron chi connectivity index (χ0n) is 15.1. The van der Waals surface area contributed by atoms with Crippen LogP contribution in [-0.4, -0.2) is 31.2 Å². The number of benzene rings is 2. The van der Waals surface area contributed by atoms with Crippen LogP contribution in [0.4, 0.5) is 4.39 Å². The Morgan fingerprint density at radius 3 is 2.75 bits per heavy atom. The summed E-state index contributed by atoms with van der Waals surface area (Å²) >= 11 is 7.38. The highest BCUT2D eigenvalue weighted by molar-refractivity contribution is 7.13. The van der Waals surface area contributed by atoms with Crippen molar-refractivity contribution in [3.63, 3.8) is 0 Å².